The number of rotatable bonds is 5. The van der Waals surface area contributed by atoms with Gasteiger partial charge in [0, 0.05) is 26.1 Å². The van der Waals surface area contributed by atoms with Crippen LogP contribution in [-0.4, -0.2) is 44.5 Å². The van der Waals surface area contributed by atoms with E-state index in [1.807, 2.05) is 0 Å². The van der Waals surface area contributed by atoms with E-state index in [0.29, 0.717) is 37.9 Å². The number of piperidine rings is 1. The molecule has 0 bridgehead atoms. The Labute approximate surface area is 128 Å². The standard InChI is InChI=1S/C15H28N2O3S/c1-21(19,20)17-9-7-14(8-10-17)12-16-15(18)11-13-5-3-2-4-6-13/h13-14H,2-12H2,1H3,(H,16,18). The third-order valence-corrected chi connectivity index (χ3v) is 6.13. The highest BCUT2D eigenvalue weighted by Gasteiger charge is 2.25. The van der Waals surface area contributed by atoms with Crippen LogP contribution in [0.15, 0.2) is 0 Å². The number of amides is 1. The molecule has 1 saturated heterocycles. The lowest BCUT2D eigenvalue weighted by Gasteiger charge is -2.30. The predicted molar refractivity (Wildman–Crippen MR) is 83.3 cm³/mol. The van der Waals surface area contributed by atoms with E-state index in [1.165, 1.54) is 42.7 Å². The lowest BCUT2D eigenvalue weighted by atomic mass is 9.87. The Morgan fingerprint density at radius 3 is 2.24 bits per heavy atom. The second-order valence-corrected chi connectivity index (χ2v) is 8.60. The Bertz CT molecular complexity index is 436. The fourth-order valence-corrected chi connectivity index (χ4v) is 4.30. The van der Waals surface area contributed by atoms with Crippen LogP contribution >= 0.6 is 0 Å². The van der Waals surface area contributed by atoms with Crippen molar-refractivity contribution in [2.75, 3.05) is 25.9 Å². The molecule has 0 unspecified atom stereocenters. The number of carbonyl (C=O) groups is 1. The molecule has 2 aliphatic rings. The third kappa shape index (κ3) is 5.58. The number of nitrogens with zero attached hydrogens (tertiary/aromatic N) is 1. The van der Waals surface area contributed by atoms with Crippen LogP contribution < -0.4 is 5.32 Å². The van der Waals surface area contributed by atoms with Crippen LogP contribution in [-0.2, 0) is 14.8 Å². The summed E-state index contributed by atoms with van der Waals surface area (Å²) < 4.78 is 24.4. The Morgan fingerprint density at radius 2 is 1.67 bits per heavy atom. The van der Waals surface area contributed by atoms with Crippen LogP contribution in [0.25, 0.3) is 0 Å². The first-order valence-corrected chi connectivity index (χ1v) is 10.0. The van der Waals surface area contributed by atoms with E-state index in [1.54, 1.807) is 0 Å². The molecule has 1 N–H and O–H groups in total. The molecule has 6 heteroatoms. The van der Waals surface area contributed by atoms with Crippen molar-refractivity contribution in [3.63, 3.8) is 0 Å². The maximum atomic E-state index is 12.0. The second-order valence-electron chi connectivity index (χ2n) is 6.62. The summed E-state index contributed by atoms with van der Waals surface area (Å²) >= 11 is 0. The van der Waals surface area contributed by atoms with E-state index < -0.39 is 10.0 Å². The molecule has 2 rings (SSSR count). The van der Waals surface area contributed by atoms with Crippen LogP contribution in [0, 0.1) is 11.8 Å². The lowest BCUT2D eigenvalue weighted by Crippen LogP contribution is -2.41. The zero-order valence-electron chi connectivity index (χ0n) is 13.0. The molecule has 2 fully saturated rings. The van der Waals surface area contributed by atoms with E-state index in [2.05, 4.69) is 5.32 Å². The number of hydrogen-bond donors (Lipinski definition) is 1. The fraction of sp³-hybridized carbons (Fsp3) is 0.933. The fourth-order valence-electron chi connectivity index (χ4n) is 3.43. The molecule has 0 radical (unpaired) electrons. The Kier molecular flexibility index (Phi) is 6.05. The monoisotopic (exact) mass is 316 g/mol. The van der Waals surface area contributed by atoms with Gasteiger partial charge in [-0.05, 0) is 37.5 Å². The van der Waals surface area contributed by atoms with Crippen molar-refractivity contribution in [1.82, 2.24) is 9.62 Å². The molecule has 21 heavy (non-hydrogen) atoms. The molecule has 1 heterocycles. The van der Waals surface area contributed by atoms with Gasteiger partial charge >= 0.3 is 0 Å². The summed E-state index contributed by atoms with van der Waals surface area (Å²) in [6.45, 7) is 1.87. The molecule has 1 aliphatic heterocycles. The zero-order valence-corrected chi connectivity index (χ0v) is 13.8. The molecule has 0 spiro atoms. The Hall–Kier alpha value is -0.620. The van der Waals surface area contributed by atoms with Crippen LogP contribution in [0.3, 0.4) is 0 Å². The molecular weight excluding hydrogens is 288 g/mol. The largest absolute Gasteiger partial charge is 0.356 e. The number of hydrogen-bond acceptors (Lipinski definition) is 3. The first kappa shape index (κ1) is 16.7. The molecule has 122 valence electrons. The minimum atomic E-state index is -3.05. The summed E-state index contributed by atoms with van der Waals surface area (Å²) in [5.41, 5.74) is 0. The minimum absolute atomic E-state index is 0.174. The number of nitrogens with one attached hydrogen (secondary N) is 1. The predicted octanol–water partition coefficient (Wildman–Crippen LogP) is 1.74. The van der Waals surface area contributed by atoms with Gasteiger partial charge in [0.15, 0.2) is 0 Å². The van der Waals surface area contributed by atoms with Crippen molar-refractivity contribution < 1.29 is 13.2 Å². The van der Waals surface area contributed by atoms with Crippen LogP contribution in [0.5, 0.6) is 0 Å². The lowest BCUT2D eigenvalue weighted by molar-refractivity contribution is -0.122. The van der Waals surface area contributed by atoms with Gasteiger partial charge in [0.2, 0.25) is 15.9 Å². The summed E-state index contributed by atoms with van der Waals surface area (Å²) in [5, 5.41) is 3.05. The van der Waals surface area contributed by atoms with Gasteiger partial charge in [0.25, 0.3) is 0 Å². The molecule has 0 aromatic heterocycles. The summed E-state index contributed by atoms with van der Waals surface area (Å²) in [6.07, 6.45) is 9.86. The van der Waals surface area contributed by atoms with Crippen LogP contribution in [0.2, 0.25) is 0 Å². The molecule has 0 atom stereocenters. The topological polar surface area (TPSA) is 66.5 Å². The van der Waals surface area contributed by atoms with E-state index in [4.69, 9.17) is 0 Å². The van der Waals surface area contributed by atoms with Crippen molar-refractivity contribution in [3.05, 3.63) is 0 Å². The average molecular weight is 316 g/mol. The van der Waals surface area contributed by atoms with E-state index in [9.17, 15) is 13.2 Å². The van der Waals surface area contributed by atoms with Gasteiger partial charge in [-0.2, -0.15) is 0 Å². The zero-order chi connectivity index (χ0) is 15.3. The third-order valence-electron chi connectivity index (χ3n) is 4.83. The van der Waals surface area contributed by atoms with E-state index >= 15 is 0 Å². The first-order valence-electron chi connectivity index (χ1n) is 8.17. The number of sulfonamides is 1. The van der Waals surface area contributed by atoms with Crippen LogP contribution in [0.1, 0.15) is 51.4 Å². The maximum Gasteiger partial charge on any atom is 0.220 e. The van der Waals surface area contributed by atoms with Gasteiger partial charge < -0.3 is 5.32 Å². The Morgan fingerprint density at radius 1 is 1.05 bits per heavy atom. The Balaban J connectivity index is 1.64. The second kappa shape index (κ2) is 7.58. The van der Waals surface area contributed by atoms with E-state index in [-0.39, 0.29) is 5.91 Å². The molecular formula is C15H28N2O3S. The minimum Gasteiger partial charge on any atom is -0.356 e. The highest BCUT2D eigenvalue weighted by atomic mass is 32.2. The molecule has 1 amide bonds. The molecule has 0 aromatic carbocycles. The van der Waals surface area contributed by atoms with Crippen molar-refractivity contribution in [2.24, 2.45) is 11.8 Å². The molecule has 1 aliphatic carbocycles. The summed E-state index contributed by atoms with van der Waals surface area (Å²) in [7, 11) is -3.05. The molecule has 1 saturated carbocycles. The van der Waals surface area contributed by atoms with Crippen molar-refractivity contribution in [1.29, 1.82) is 0 Å². The summed E-state index contributed by atoms with van der Waals surface area (Å²) in [5.74, 6) is 1.16. The summed E-state index contributed by atoms with van der Waals surface area (Å²) in [6, 6.07) is 0. The van der Waals surface area contributed by atoms with Gasteiger partial charge in [-0.15, -0.1) is 0 Å². The SMILES string of the molecule is CS(=O)(=O)N1CCC(CNC(=O)CC2CCCCC2)CC1. The average Bonchev–Trinajstić information content (AvgIpc) is 2.46. The van der Waals surface area contributed by atoms with E-state index in [0.717, 1.165) is 12.8 Å². The quantitative estimate of drug-likeness (QED) is 0.840. The normalized spacial score (nSPS) is 23.1. The van der Waals surface area contributed by atoms with Gasteiger partial charge in [-0.25, -0.2) is 12.7 Å². The molecule has 0 aromatic rings. The highest BCUT2D eigenvalue weighted by Crippen LogP contribution is 2.26. The van der Waals surface area contributed by atoms with Gasteiger partial charge in [0.05, 0.1) is 6.26 Å². The van der Waals surface area contributed by atoms with Crippen molar-refractivity contribution in [2.45, 2.75) is 51.4 Å². The van der Waals surface area contributed by atoms with Gasteiger partial charge in [-0.3, -0.25) is 4.79 Å². The number of carbonyl (C=O) groups excluding carboxylic acids is 1. The first-order chi connectivity index (χ1) is 9.95. The van der Waals surface area contributed by atoms with Gasteiger partial charge in [0.1, 0.15) is 0 Å². The smallest absolute Gasteiger partial charge is 0.220 e. The van der Waals surface area contributed by atoms with Crippen molar-refractivity contribution in [3.8, 4) is 0 Å². The van der Waals surface area contributed by atoms with Gasteiger partial charge in [-0.1, -0.05) is 19.3 Å². The van der Waals surface area contributed by atoms with Crippen molar-refractivity contribution >= 4 is 15.9 Å². The van der Waals surface area contributed by atoms with Crippen LogP contribution in [0.4, 0.5) is 0 Å². The molecule has 5 nitrogen and oxygen atoms in total. The highest BCUT2D eigenvalue weighted by molar-refractivity contribution is 7.88. The maximum absolute atomic E-state index is 12.0. The summed E-state index contributed by atoms with van der Waals surface area (Å²) in [4.78, 5) is 12.0.